The van der Waals surface area contributed by atoms with E-state index in [0.29, 0.717) is 11.5 Å². The molecule has 0 unspecified atom stereocenters. The molecule has 29 heavy (non-hydrogen) atoms. The van der Waals surface area contributed by atoms with E-state index < -0.39 is 18.1 Å². The summed E-state index contributed by atoms with van der Waals surface area (Å²) in [6, 6.07) is 15.7. The van der Waals surface area contributed by atoms with E-state index in [1.54, 1.807) is 38.3 Å². The number of methoxy groups -OCH3 is 1. The quantitative estimate of drug-likeness (QED) is 0.583. The maximum Gasteiger partial charge on any atom is 0.337 e. The third-order valence-corrected chi connectivity index (χ3v) is 4.03. The molecule has 0 aliphatic heterocycles. The molecule has 2 atom stereocenters. The van der Waals surface area contributed by atoms with Crippen LogP contribution in [0.15, 0.2) is 54.6 Å². The van der Waals surface area contributed by atoms with Gasteiger partial charge >= 0.3 is 5.97 Å². The van der Waals surface area contributed by atoms with Crippen molar-refractivity contribution in [2.24, 2.45) is 0 Å². The van der Waals surface area contributed by atoms with Crippen molar-refractivity contribution < 1.29 is 28.5 Å². The van der Waals surface area contributed by atoms with Crippen LogP contribution in [0.5, 0.6) is 11.5 Å². The summed E-state index contributed by atoms with van der Waals surface area (Å²) >= 11 is 0. The molecule has 2 aromatic carbocycles. The predicted octanol–water partition coefficient (Wildman–Crippen LogP) is 2.73. The monoisotopic (exact) mass is 401 g/mol. The van der Waals surface area contributed by atoms with Gasteiger partial charge in [0.05, 0.1) is 26.4 Å². The summed E-state index contributed by atoms with van der Waals surface area (Å²) in [6.45, 7) is 3.52. The van der Waals surface area contributed by atoms with Crippen molar-refractivity contribution in [1.29, 1.82) is 0 Å². The van der Waals surface area contributed by atoms with E-state index in [0.717, 1.165) is 5.56 Å². The molecule has 7 heteroatoms. The Bertz CT molecular complexity index is 763. The molecule has 0 bridgehead atoms. The summed E-state index contributed by atoms with van der Waals surface area (Å²) in [6.07, 6.45) is -1.02. The fourth-order valence-electron chi connectivity index (χ4n) is 2.66. The average Bonchev–Trinajstić information content (AvgIpc) is 2.73. The summed E-state index contributed by atoms with van der Waals surface area (Å²) in [5, 5.41) is 2.73. The third kappa shape index (κ3) is 7.46. The normalized spacial score (nSPS) is 12.5. The Morgan fingerprint density at radius 3 is 2.24 bits per heavy atom. The highest BCUT2D eigenvalue weighted by molar-refractivity contribution is 5.78. The number of rotatable bonds is 11. The van der Waals surface area contributed by atoms with Crippen LogP contribution in [0.2, 0.25) is 0 Å². The lowest BCUT2D eigenvalue weighted by atomic mass is 10.1. The largest absolute Gasteiger partial charge is 0.497 e. The van der Waals surface area contributed by atoms with Crippen LogP contribution in [0.3, 0.4) is 0 Å². The van der Waals surface area contributed by atoms with E-state index in [2.05, 4.69) is 5.32 Å². The van der Waals surface area contributed by atoms with Gasteiger partial charge in [-0.3, -0.25) is 4.79 Å². The number of ether oxygens (including phenoxy) is 4. The van der Waals surface area contributed by atoms with Crippen molar-refractivity contribution in [2.45, 2.75) is 32.6 Å². The van der Waals surface area contributed by atoms with E-state index in [9.17, 15) is 9.59 Å². The highest BCUT2D eigenvalue weighted by Gasteiger charge is 2.32. The lowest BCUT2D eigenvalue weighted by Gasteiger charge is -2.26. The van der Waals surface area contributed by atoms with Crippen LogP contribution >= 0.6 is 0 Å². The number of hydrogen-bond donors (Lipinski definition) is 1. The van der Waals surface area contributed by atoms with Crippen LogP contribution < -0.4 is 14.8 Å². The van der Waals surface area contributed by atoms with Gasteiger partial charge in [-0.25, -0.2) is 4.79 Å². The summed E-state index contributed by atoms with van der Waals surface area (Å²) in [7, 11) is 1.58. The minimum Gasteiger partial charge on any atom is -0.497 e. The van der Waals surface area contributed by atoms with Gasteiger partial charge in [-0.1, -0.05) is 30.3 Å². The summed E-state index contributed by atoms with van der Waals surface area (Å²) in [5.41, 5.74) is 0.902. The van der Waals surface area contributed by atoms with Crippen molar-refractivity contribution in [1.82, 2.24) is 5.32 Å². The molecule has 0 radical (unpaired) electrons. The Balaban J connectivity index is 2.11. The number of benzene rings is 2. The van der Waals surface area contributed by atoms with Crippen LogP contribution in [-0.4, -0.2) is 44.3 Å². The van der Waals surface area contributed by atoms with Gasteiger partial charge in [-0.05, 0) is 36.8 Å². The molecule has 1 N–H and O–H groups in total. The first-order valence-electron chi connectivity index (χ1n) is 9.39. The first kappa shape index (κ1) is 22.2. The zero-order chi connectivity index (χ0) is 21.1. The van der Waals surface area contributed by atoms with Crippen molar-refractivity contribution in [3.05, 3.63) is 60.2 Å². The molecule has 2 rings (SSSR count). The maximum atomic E-state index is 12.5. The second-order valence-corrected chi connectivity index (χ2v) is 6.26. The molecular formula is C22H27NO6. The molecule has 0 aromatic heterocycles. The maximum absolute atomic E-state index is 12.5. The van der Waals surface area contributed by atoms with E-state index in [4.69, 9.17) is 18.9 Å². The number of amides is 1. The number of hydrogen-bond acceptors (Lipinski definition) is 6. The van der Waals surface area contributed by atoms with Crippen LogP contribution in [0.1, 0.15) is 19.4 Å². The highest BCUT2D eigenvalue weighted by Crippen LogP contribution is 2.18. The summed E-state index contributed by atoms with van der Waals surface area (Å²) in [5.74, 6) is 0.421. The molecule has 0 saturated carbocycles. The van der Waals surface area contributed by atoms with Gasteiger partial charge in [0.1, 0.15) is 18.1 Å². The summed E-state index contributed by atoms with van der Waals surface area (Å²) < 4.78 is 21.9. The molecule has 1 amide bonds. The molecule has 0 fully saturated rings. The summed E-state index contributed by atoms with van der Waals surface area (Å²) in [4.78, 5) is 24.2. The Morgan fingerprint density at radius 2 is 1.66 bits per heavy atom. The molecular weight excluding hydrogens is 374 g/mol. The van der Waals surface area contributed by atoms with Crippen LogP contribution in [-0.2, 0) is 25.7 Å². The van der Waals surface area contributed by atoms with E-state index in [-0.39, 0.29) is 25.7 Å². The number of nitrogens with one attached hydrogen (secondary N) is 1. The first-order valence-corrected chi connectivity index (χ1v) is 9.39. The van der Waals surface area contributed by atoms with Gasteiger partial charge in [0.15, 0.2) is 6.10 Å². The van der Waals surface area contributed by atoms with Crippen molar-refractivity contribution in [3.8, 4) is 11.5 Å². The van der Waals surface area contributed by atoms with Crippen LogP contribution in [0, 0.1) is 0 Å². The number of carbonyl (C=O) groups is 2. The smallest absolute Gasteiger partial charge is 0.337 e. The van der Waals surface area contributed by atoms with Gasteiger partial charge in [-0.15, -0.1) is 0 Å². The van der Waals surface area contributed by atoms with E-state index >= 15 is 0 Å². The Labute approximate surface area is 170 Å². The molecule has 0 heterocycles. The SMILES string of the molecule is CCOC(=O)[C@@H](OCc1ccccc1)[C@@H](COc1ccc(OC)cc1)NC(C)=O. The van der Waals surface area contributed by atoms with Crippen LogP contribution in [0.4, 0.5) is 0 Å². The molecule has 0 aliphatic rings. The number of carbonyl (C=O) groups excluding carboxylic acids is 2. The third-order valence-electron chi connectivity index (χ3n) is 4.03. The molecule has 2 aromatic rings. The van der Waals surface area contributed by atoms with Crippen molar-refractivity contribution in [3.63, 3.8) is 0 Å². The minimum absolute atomic E-state index is 0.0319. The van der Waals surface area contributed by atoms with Crippen molar-refractivity contribution >= 4 is 11.9 Å². The molecule has 0 spiro atoms. The second kappa shape index (κ2) is 11.7. The minimum atomic E-state index is -1.02. The molecule has 7 nitrogen and oxygen atoms in total. The fraction of sp³-hybridized carbons (Fsp3) is 0.364. The average molecular weight is 401 g/mol. The van der Waals surface area contributed by atoms with Gasteiger partial charge < -0.3 is 24.3 Å². The van der Waals surface area contributed by atoms with Gasteiger partial charge in [0.2, 0.25) is 5.91 Å². The van der Waals surface area contributed by atoms with Crippen molar-refractivity contribution in [2.75, 3.05) is 20.3 Å². The zero-order valence-electron chi connectivity index (χ0n) is 16.9. The van der Waals surface area contributed by atoms with Gasteiger partial charge in [0, 0.05) is 6.92 Å². The predicted molar refractivity (Wildman–Crippen MR) is 108 cm³/mol. The van der Waals surface area contributed by atoms with E-state index in [1.165, 1.54) is 6.92 Å². The standard InChI is InChI=1S/C22H27NO6/c1-4-27-22(25)21(29-14-17-8-6-5-7-9-17)20(23-16(2)24)15-28-19-12-10-18(26-3)11-13-19/h5-13,20-21H,4,14-15H2,1-3H3,(H,23,24)/t20-,21+/m1/s1. The molecule has 0 aliphatic carbocycles. The highest BCUT2D eigenvalue weighted by atomic mass is 16.6. The first-order chi connectivity index (χ1) is 14.0. The Morgan fingerprint density at radius 1 is 1.00 bits per heavy atom. The fourth-order valence-corrected chi connectivity index (χ4v) is 2.66. The lowest BCUT2D eigenvalue weighted by Crippen LogP contribution is -2.51. The second-order valence-electron chi connectivity index (χ2n) is 6.26. The Hall–Kier alpha value is -3.06. The topological polar surface area (TPSA) is 83.1 Å². The molecule has 156 valence electrons. The Kier molecular flexibility index (Phi) is 8.98. The number of esters is 1. The van der Waals surface area contributed by atoms with Crippen LogP contribution in [0.25, 0.3) is 0 Å². The van der Waals surface area contributed by atoms with Gasteiger partial charge in [0.25, 0.3) is 0 Å². The van der Waals surface area contributed by atoms with Gasteiger partial charge in [-0.2, -0.15) is 0 Å². The molecule has 0 saturated heterocycles. The van der Waals surface area contributed by atoms with E-state index in [1.807, 2.05) is 30.3 Å². The lowest BCUT2D eigenvalue weighted by molar-refractivity contribution is -0.160. The zero-order valence-corrected chi connectivity index (χ0v) is 16.9.